The molecule has 0 aromatic heterocycles. The fourth-order valence-electron chi connectivity index (χ4n) is 8.40. The predicted molar refractivity (Wildman–Crippen MR) is 208 cm³/mol. The highest BCUT2D eigenvalue weighted by Gasteiger charge is 2.31. The van der Waals surface area contributed by atoms with Crippen LogP contribution in [0.3, 0.4) is 0 Å². The average molecular weight is 631 g/mol. The van der Waals surface area contributed by atoms with Gasteiger partial charge in [0.2, 0.25) is 0 Å². The topological polar surface area (TPSA) is 0 Å². The van der Waals surface area contributed by atoms with E-state index >= 15 is 0 Å². The highest BCUT2D eigenvalue weighted by molar-refractivity contribution is 5.80. The minimum absolute atomic E-state index is 0.303. The molecular weight excluding hydrogens is 577 g/mol. The lowest BCUT2D eigenvalue weighted by molar-refractivity contribution is 0.252. The van der Waals surface area contributed by atoms with Gasteiger partial charge in [-0.25, -0.2) is 0 Å². The van der Waals surface area contributed by atoms with Crippen molar-refractivity contribution >= 4 is 11.1 Å². The van der Waals surface area contributed by atoms with Gasteiger partial charge in [0.15, 0.2) is 0 Å². The Kier molecular flexibility index (Phi) is 10.6. The molecule has 0 heteroatoms. The average Bonchev–Trinajstić information content (AvgIpc) is 3.73. The van der Waals surface area contributed by atoms with E-state index in [-0.39, 0.29) is 0 Å². The summed E-state index contributed by atoms with van der Waals surface area (Å²) >= 11 is 0. The number of hydrogen-bond acceptors (Lipinski definition) is 0. The fraction of sp³-hybridized carbons (Fsp3) is 0.375. The number of benzene rings is 3. The summed E-state index contributed by atoms with van der Waals surface area (Å²) in [6.45, 7) is 14.0. The van der Waals surface area contributed by atoms with Crippen LogP contribution in [-0.2, 0) is 12.8 Å². The van der Waals surface area contributed by atoms with Gasteiger partial charge in [-0.15, -0.1) is 6.42 Å². The summed E-state index contributed by atoms with van der Waals surface area (Å²) in [4.78, 5) is 0. The maximum absolute atomic E-state index is 5.99. The standard InChI is InChI=1S/C48H54/c1-7-40-21-18-38(32-46(40)45-24-19-39(31-45)33-48(4,5)6)30-37-16-22-42(23-17-37)47(35(3)14-15-36-11-9-8-10-12-36)43-27-25-41(26-28-43)44-20-13-34(2)29-44/h1,8-13,18-21,24-29,31-32,34,37,39,42,47H,3,14-17,22-23,30,33H2,2,4-6H3. The van der Waals surface area contributed by atoms with E-state index in [1.807, 2.05) is 0 Å². The molecule has 48 heavy (non-hydrogen) atoms. The summed E-state index contributed by atoms with van der Waals surface area (Å²) in [5, 5.41) is 0. The van der Waals surface area contributed by atoms with Gasteiger partial charge >= 0.3 is 0 Å². The maximum Gasteiger partial charge on any atom is 0.0321 e. The second-order valence-corrected chi connectivity index (χ2v) is 16.0. The van der Waals surface area contributed by atoms with Crippen molar-refractivity contribution in [3.05, 3.63) is 155 Å². The lowest BCUT2D eigenvalue weighted by atomic mass is 9.69. The molecule has 0 saturated heterocycles. The number of aryl methyl sites for hydroxylation is 1. The molecule has 3 aromatic carbocycles. The van der Waals surface area contributed by atoms with E-state index in [2.05, 4.69) is 143 Å². The molecule has 0 spiro atoms. The lowest BCUT2D eigenvalue weighted by Crippen LogP contribution is -2.23. The second-order valence-electron chi connectivity index (χ2n) is 16.0. The fourth-order valence-corrected chi connectivity index (χ4v) is 8.40. The van der Waals surface area contributed by atoms with Crippen molar-refractivity contribution in [2.75, 3.05) is 0 Å². The first-order chi connectivity index (χ1) is 23.1. The van der Waals surface area contributed by atoms with Gasteiger partial charge in [-0.05, 0) is 132 Å². The van der Waals surface area contributed by atoms with Gasteiger partial charge in [-0.3, -0.25) is 0 Å². The third-order valence-corrected chi connectivity index (χ3v) is 10.8. The summed E-state index contributed by atoms with van der Waals surface area (Å²) < 4.78 is 0. The number of rotatable bonds is 11. The Morgan fingerprint density at radius 2 is 1.58 bits per heavy atom. The third kappa shape index (κ3) is 8.49. The minimum Gasteiger partial charge on any atom is -0.115 e. The van der Waals surface area contributed by atoms with Gasteiger partial charge in [0.05, 0.1) is 0 Å². The molecule has 3 aromatic rings. The van der Waals surface area contributed by atoms with Crippen molar-refractivity contribution < 1.29 is 0 Å². The van der Waals surface area contributed by atoms with Crippen molar-refractivity contribution in [2.24, 2.45) is 29.1 Å². The van der Waals surface area contributed by atoms with Crippen LogP contribution in [0.5, 0.6) is 0 Å². The lowest BCUT2D eigenvalue weighted by Gasteiger charge is -2.36. The van der Waals surface area contributed by atoms with E-state index in [0.717, 1.165) is 31.2 Å². The Hall–Kier alpha value is -4.08. The molecule has 0 amide bonds. The number of hydrogen-bond donors (Lipinski definition) is 0. The SMILES string of the molecule is C#Cc1ccc(CC2CCC(C(C(=C)CCc3ccccc3)c3ccc(C4=CC(C)C=C4)cc3)CC2)cc1C1=CC(CC(C)(C)C)C=C1. The zero-order valence-corrected chi connectivity index (χ0v) is 29.7. The van der Waals surface area contributed by atoms with Crippen LogP contribution in [0, 0.1) is 41.4 Å². The van der Waals surface area contributed by atoms with E-state index in [1.165, 1.54) is 70.2 Å². The zero-order valence-electron chi connectivity index (χ0n) is 29.7. The Bertz CT molecular complexity index is 1730. The summed E-state index contributed by atoms with van der Waals surface area (Å²) in [5.74, 6) is 5.70. The van der Waals surface area contributed by atoms with Crippen molar-refractivity contribution in [1.82, 2.24) is 0 Å². The first kappa shape index (κ1) is 33.8. The van der Waals surface area contributed by atoms with Crippen LogP contribution >= 0.6 is 0 Å². The highest BCUT2D eigenvalue weighted by Crippen LogP contribution is 2.44. The van der Waals surface area contributed by atoms with E-state index in [4.69, 9.17) is 13.0 Å². The zero-order chi connectivity index (χ0) is 33.7. The van der Waals surface area contributed by atoms with E-state index in [1.54, 1.807) is 0 Å². The Labute approximate surface area is 291 Å². The highest BCUT2D eigenvalue weighted by atomic mass is 14.4. The largest absolute Gasteiger partial charge is 0.115 e. The number of terminal acetylenes is 1. The minimum atomic E-state index is 0.303. The molecule has 0 heterocycles. The summed E-state index contributed by atoms with van der Waals surface area (Å²) in [5.41, 5.74) is 12.1. The van der Waals surface area contributed by atoms with E-state index in [0.29, 0.717) is 35.0 Å². The van der Waals surface area contributed by atoms with Gasteiger partial charge in [-0.2, -0.15) is 0 Å². The second kappa shape index (κ2) is 15.0. The summed E-state index contributed by atoms with van der Waals surface area (Å²) in [7, 11) is 0. The number of allylic oxidation sites excluding steroid dienone is 9. The smallest absolute Gasteiger partial charge is 0.0321 e. The molecule has 0 nitrogen and oxygen atoms in total. The Morgan fingerprint density at radius 1 is 0.854 bits per heavy atom. The van der Waals surface area contributed by atoms with Crippen LogP contribution < -0.4 is 0 Å². The maximum atomic E-state index is 5.99. The van der Waals surface area contributed by atoms with Gasteiger partial charge in [-0.1, -0.05) is 143 Å². The molecule has 0 N–H and O–H groups in total. The molecule has 6 rings (SSSR count). The van der Waals surface area contributed by atoms with Crippen LogP contribution in [0.4, 0.5) is 0 Å². The molecule has 246 valence electrons. The Morgan fingerprint density at radius 3 is 2.25 bits per heavy atom. The third-order valence-electron chi connectivity index (χ3n) is 10.8. The first-order valence-electron chi connectivity index (χ1n) is 18.4. The Balaban J connectivity index is 1.14. The molecule has 0 aliphatic heterocycles. The van der Waals surface area contributed by atoms with Crippen molar-refractivity contribution in [3.63, 3.8) is 0 Å². The molecule has 0 radical (unpaired) electrons. The molecule has 3 aliphatic carbocycles. The monoisotopic (exact) mass is 630 g/mol. The van der Waals surface area contributed by atoms with Crippen molar-refractivity contribution in [2.45, 2.75) is 85.0 Å². The molecule has 0 bridgehead atoms. The van der Waals surface area contributed by atoms with Crippen LogP contribution in [0.25, 0.3) is 11.1 Å². The van der Waals surface area contributed by atoms with E-state index in [9.17, 15) is 0 Å². The quantitative estimate of drug-likeness (QED) is 0.146. The van der Waals surface area contributed by atoms with Gasteiger partial charge in [0, 0.05) is 11.5 Å². The molecule has 3 unspecified atom stereocenters. The van der Waals surface area contributed by atoms with Crippen molar-refractivity contribution in [1.29, 1.82) is 0 Å². The van der Waals surface area contributed by atoms with Crippen LogP contribution in [0.15, 0.2) is 121 Å². The summed E-state index contributed by atoms with van der Waals surface area (Å²) in [6, 6.07) is 27.2. The van der Waals surface area contributed by atoms with Crippen LogP contribution in [0.2, 0.25) is 0 Å². The van der Waals surface area contributed by atoms with Gasteiger partial charge < -0.3 is 0 Å². The molecular formula is C48H54. The van der Waals surface area contributed by atoms with E-state index < -0.39 is 0 Å². The van der Waals surface area contributed by atoms with Gasteiger partial charge in [0.1, 0.15) is 0 Å². The van der Waals surface area contributed by atoms with Crippen LogP contribution in [0.1, 0.15) is 106 Å². The summed E-state index contributed by atoms with van der Waals surface area (Å²) in [6.07, 6.45) is 29.4. The predicted octanol–water partition coefficient (Wildman–Crippen LogP) is 12.6. The molecule has 3 aliphatic rings. The molecule has 1 saturated carbocycles. The molecule has 3 atom stereocenters. The normalized spacial score (nSPS) is 22.6. The first-order valence-corrected chi connectivity index (χ1v) is 18.4. The van der Waals surface area contributed by atoms with Crippen molar-refractivity contribution in [3.8, 4) is 12.3 Å². The van der Waals surface area contributed by atoms with Crippen LogP contribution in [-0.4, -0.2) is 0 Å². The van der Waals surface area contributed by atoms with Gasteiger partial charge in [0.25, 0.3) is 0 Å². The molecule has 1 fully saturated rings.